The van der Waals surface area contributed by atoms with Crippen molar-refractivity contribution in [2.75, 3.05) is 0 Å². The molecular weight excluding hydrogens is 454 g/mol. The molecule has 0 bridgehead atoms. The van der Waals surface area contributed by atoms with E-state index in [2.05, 4.69) is 0 Å². The second kappa shape index (κ2) is 6.95. The van der Waals surface area contributed by atoms with Crippen LogP contribution in [0.3, 0.4) is 0 Å². The molecule has 27 heavy (non-hydrogen) atoms. The summed E-state index contributed by atoms with van der Waals surface area (Å²) in [7, 11) is 0. The van der Waals surface area contributed by atoms with Gasteiger partial charge in [0.15, 0.2) is 0 Å². The summed E-state index contributed by atoms with van der Waals surface area (Å²) in [6, 6.07) is 0. The van der Waals surface area contributed by atoms with E-state index in [1.54, 1.807) is 0 Å². The average Bonchev–Trinajstić information content (AvgIpc) is 2.34. The van der Waals surface area contributed by atoms with Crippen molar-refractivity contribution in [3.05, 3.63) is 0 Å². The van der Waals surface area contributed by atoms with Crippen molar-refractivity contribution in [2.24, 2.45) is 0 Å². The molecule has 1 atom stereocenters. The number of alkyl halides is 17. The first kappa shape index (κ1) is 29.0. The third-order valence-corrected chi connectivity index (χ3v) is 3.06. The van der Waals surface area contributed by atoms with Crippen molar-refractivity contribution >= 4 is 29.6 Å². The van der Waals surface area contributed by atoms with Crippen molar-refractivity contribution < 1.29 is 74.6 Å². The van der Waals surface area contributed by atoms with Gasteiger partial charge >= 0.3 is 71.5 Å². The maximum atomic E-state index is 13.0. The van der Waals surface area contributed by atoms with Gasteiger partial charge in [-0.25, -0.2) is 4.39 Å². The van der Waals surface area contributed by atoms with Crippen molar-refractivity contribution in [3.63, 3.8) is 0 Å². The Bertz CT molecular complexity index is 476. The van der Waals surface area contributed by atoms with E-state index in [1.807, 2.05) is 0 Å². The Balaban J connectivity index is 0. The molecule has 1 unspecified atom stereocenters. The third-order valence-electron chi connectivity index (χ3n) is 3.06. The van der Waals surface area contributed by atoms with Crippen molar-refractivity contribution in [1.82, 2.24) is 0 Å². The van der Waals surface area contributed by atoms with E-state index in [-0.39, 0.29) is 29.6 Å². The second-order valence-electron chi connectivity index (χ2n) is 4.87. The van der Waals surface area contributed by atoms with Gasteiger partial charge in [0.05, 0.1) is 0 Å². The molecule has 0 aliphatic rings. The first-order chi connectivity index (χ1) is 10.8. The van der Waals surface area contributed by atoms with Gasteiger partial charge in [-0.05, 0) is 6.92 Å². The zero-order valence-corrected chi connectivity index (χ0v) is 11.4. The van der Waals surface area contributed by atoms with Gasteiger partial charge < -0.3 is 0 Å². The van der Waals surface area contributed by atoms with E-state index < -0.39 is 54.6 Å². The van der Waals surface area contributed by atoms with Crippen LogP contribution < -0.4 is 0 Å². The van der Waals surface area contributed by atoms with E-state index in [0.717, 1.165) is 0 Å². The summed E-state index contributed by atoms with van der Waals surface area (Å²) in [6.07, 6.45) is -14.9. The molecule has 0 aromatic rings. The van der Waals surface area contributed by atoms with E-state index in [4.69, 9.17) is 0 Å². The molecule has 0 aliphatic heterocycles. The van der Waals surface area contributed by atoms with Gasteiger partial charge in [-0.1, -0.05) is 0 Å². The van der Waals surface area contributed by atoms with Crippen molar-refractivity contribution in [1.29, 1.82) is 0 Å². The van der Waals surface area contributed by atoms with Crippen LogP contribution in [-0.4, -0.2) is 77.2 Å². The van der Waals surface area contributed by atoms with Crippen molar-refractivity contribution in [2.45, 2.75) is 54.6 Å². The maximum absolute atomic E-state index is 13.0. The summed E-state index contributed by atoms with van der Waals surface area (Å²) in [6.45, 7) is -1.53. The predicted molar refractivity (Wildman–Crippen MR) is 53.5 cm³/mol. The summed E-state index contributed by atoms with van der Waals surface area (Å²) in [4.78, 5) is 0. The van der Waals surface area contributed by atoms with Crippen LogP contribution in [0.5, 0.6) is 0 Å². The minimum atomic E-state index is -8.48. The first-order valence-corrected chi connectivity index (χ1v) is 5.46. The quantitative estimate of drug-likeness (QED) is 0.384. The van der Waals surface area contributed by atoms with Crippen LogP contribution in [0.1, 0.15) is 6.92 Å². The topological polar surface area (TPSA) is 0 Å². The zero-order chi connectivity index (χ0) is 22.0. The fourth-order valence-corrected chi connectivity index (χ4v) is 1.24. The van der Waals surface area contributed by atoms with Crippen LogP contribution in [-0.2, 0) is 0 Å². The molecule has 0 fully saturated rings. The molecule has 0 spiro atoms. The Kier molecular flexibility index (Phi) is 7.47. The van der Waals surface area contributed by atoms with Crippen LogP contribution in [0.15, 0.2) is 0 Å². The third kappa shape index (κ3) is 3.71. The van der Waals surface area contributed by atoms with Gasteiger partial charge in [0.2, 0.25) is 0 Å². The molecule has 0 aromatic carbocycles. The fraction of sp³-hybridized carbons (Fsp3) is 1.00. The summed E-state index contributed by atoms with van der Waals surface area (Å²) < 4.78 is 212. The average molecular weight is 458 g/mol. The monoisotopic (exact) mass is 458 g/mol. The van der Waals surface area contributed by atoms with Gasteiger partial charge in [-0.3, -0.25) is 0 Å². The summed E-state index contributed by atoms with van der Waals surface area (Å²) in [5.41, 5.74) is -6.73. The molecular formula is C9H4F17Na. The van der Waals surface area contributed by atoms with E-state index >= 15 is 0 Å². The van der Waals surface area contributed by atoms with Crippen LogP contribution in [0.25, 0.3) is 0 Å². The predicted octanol–water partition coefficient (Wildman–Crippen LogP) is 5.37. The molecule has 160 valence electrons. The fourth-order valence-electron chi connectivity index (χ4n) is 1.24. The van der Waals surface area contributed by atoms with Gasteiger partial charge in [0.25, 0.3) is 5.67 Å². The molecule has 0 heterocycles. The van der Waals surface area contributed by atoms with Gasteiger partial charge in [0.1, 0.15) is 0 Å². The van der Waals surface area contributed by atoms with E-state index in [9.17, 15) is 74.6 Å². The Labute approximate surface area is 159 Å². The number of hydrogen-bond acceptors (Lipinski definition) is 0. The molecule has 0 nitrogen and oxygen atoms in total. The Morgan fingerprint density at radius 2 is 0.556 bits per heavy atom. The van der Waals surface area contributed by atoms with Gasteiger partial charge in [0, 0.05) is 0 Å². The van der Waals surface area contributed by atoms with Crippen molar-refractivity contribution in [3.8, 4) is 0 Å². The molecule has 0 rings (SSSR count). The summed E-state index contributed by atoms with van der Waals surface area (Å²) in [5.74, 6) is -41.2. The normalized spacial score (nSPS) is 18.0. The molecule has 0 amide bonds. The minimum absolute atomic E-state index is 0. The first-order valence-electron chi connectivity index (χ1n) is 5.46. The Morgan fingerprint density at radius 1 is 0.333 bits per heavy atom. The van der Waals surface area contributed by atoms with Crippen LogP contribution in [0, 0.1) is 0 Å². The van der Waals surface area contributed by atoms with Gasteiger partial charge in [-0.2, -0.15) is 70.2 Å². The molecule has 0 aliphatic carbocycles. The standard InChI is InChI=1S/C9H3F17.Na.H/c1-2(10,8(21,22)23)3(11,12)4(13,14)5(15,16)6(17,18)7(19,20)9(24,25)26;;/h1H3;;. The van der Waals surface area contributed by atoms with Crippen LogP contribution in [0.2, 0.25) is 0 Å². The molecule has 0 saturated carbocycles. The Hall–Kier alpha value is -0.190. The van der Waals surface area contributed by atoms with E-state index in [1.165, 1.54) is 0 Å². The molecule has 0 N–H and O–H groups in total. The Morgan fingerprint density at radius 3 is 0.778 bits per heavy atom. The molecule has 18 heteroatoms. The molecule has 0 aromatic heterocycles. The SMILES string of the molecule is CC(F)(C(F)(F)F)C(F)(F)C(F)(F)C(F)(F)C(F)(F)C(F)(F)C(F)(F)F.[NaH]. The zero-order valence-electron chi connectivity index (χ0n) is 11.4. The van der Waals surface area contributed by atoms with Crippen LogP contribution >= 0.6 is 0 Å². The van der Waals surface area contributed by atoms with E-state index in [0.29, 0.717) is 0 Å². The van der Waals surface area contributed by atoms with Gasteiger partial charge in [-0.15, -0.1) is 0 Å². The molecule has 0 saturated heterocycles. The summed E-state index contributed by atoms with van der Waals surface area (Å²) in [5, 5.41) is 0. The second-order valence-corrected chi connectivity index (χ2v) is 4.87. The number of halogens is 17. The summed E-state index contributed by atoms with van der Waals surface area (Å²) >= 11 is 0. The molecule has 0 radical (unpaired) electrons. The number of hydrogen-bond donors (Lipinski definition) is 0. The van der Waals surface area contributed by atoms with Crippen LogP contribution in [0.4, 0.5) is 74.6 Å². The number of rotatable bonds is 5.